The Kier molecular flexibility index (Phi) is 120. The molecule has 22 heteroatoms. The van der Waals surface area contributed by atoms with Crippen LogP contribution in [0.5, 0.6) is 0 Å². The summed E-state index contributed by atoms with van der Waals surface area (Å²) in [6, 6.07) is 0. The maximum atomic E-state index is 8.30. The minimum absolute atomic E-state index is 0. The molecule has 0 aromatic carbocycles. The van der Waals surface area contributed by atoms with Crippen LogP contribution >= 0.6 is 0 Å². The summed E-state index contributed by atoms with van der Waals surface area (Å²) in [6.45, 7) is 7.85. The molecule has 0 saturated carbocycles. The predicted molar refractivity (Wildman–Crippen MR) is 137 cm³/mol. The third-order valence-electron chi connectivity index (χ3n) is 2.58. The van der Waals surface area contributed by atoms with Crippen LogP contribution in [0.15, 0.2) is 0 Å². The van der Waals surface area contributed by atoms with Crippen LogP contribution in [0.25, 0.3) is 0 Å². The van der Waals surface area contributed by atoms with Crippen LogP contribution in [-0.2, 0) is 31.4 Å². The molecule has 0 aliphatic rings. The van der Waals surface area contributed by atoms with Crippen molar-refractivity contribution in [1.82, 2.24) is 0 Å². The summed E-state index contributed by atoms with van der Waals surface area (Å²) < 4.78 is 38.8. The second-order valence-corrected chi connectivity index (χ2v) is 17.4. The molecule has 14 nitrogen and oxygen atoms in total. The number of hydrogen-bond donors (Lipinski definition) is 4. The molecule has 0 aromatic heterocycles. The molecule has 0 bridgehead atoms. The van der Waals surface area contributed by atoms with Gasteiger partial charge in [-0.1, -0.05) is 28.8 Å². The maximum absolute atomic E-state index is 8.30. The Morgan fingerprint density at radius 1 is 0.941 bits per heavy atom. The molecule has 2 radical (unpaired) electrons. The van der Waals surface area contributed by atoms with E-state index in [0.29, 0.717) is 0 Å². The number of hydrogen-bond acceptors (Lipinski definition) is 14. The summed E-state index contributed by atoms with van der Waals surface area (Å²) in [7, 11) is 1.91. The van der Waals surface area contributed by atoms with Crippen LogP contribution in [0.3, 0.4) is 0 Å². The van der Waals surface area contributed by atoms with E-state index in [1.54, 1.807) is 28.4 Å². The average molecular weight is 647 g/mol. The van der Waals surface area contributed by atoms with Gasteiger partial charge in [0.1, 0.15) is 0 Å². The zero-order chi connectivity index (χ0) is 22.3. The van der Waals surface area contributed by atoms with E-state index in [-0.39, 0.29) is 114 Å². The first kappa shape index (κ1) is 71.4. The first-order valence-corrected chi connectivity index (χ1v) is 19.5. The van der Waals surface area contributed by atoms with Gasteiger partial charge >= 0.3 is 120 Å². The van der Waals surface area contributed by atoms with Gasteiger partial charge in [0.2, 0.25) is 10.0 Å². The monoisotopic (exact) mass is 646 g/mol. The van der Waals surface area contributed by atoms with E-state index < -0.39 is 67.6 Å². The Bertz CT molecular complexity index is 285. The van der Waals surface area contributed by atoms with Crippen LogP contribution in [0.2, 0.25) is 32.0 Å². The molecule has 0 saturated heterocycles. The summed E-state index contributed by atoms with van der Waals surface area (Å²) in [5.74, 6) is 1.99. The van der Waals surface area contributed by atoms with Crippen molar-refractivity contribution < 1.29 is 144 Å². The molecule has 0 aromatic rings. The van der Waals surface area contributed by atoms with Crippen molar-refractivity contribution in [3.8, 4) is 0 Å². The van der Waals surface area contributed by atoms with Gasteiger partial charge in [0.15, 0.2) is 0 Å². The van der Waals surface area contributed by atoms with Crippen LogP contribution in [-0.4, -0.2) is 128 Å². The van der Waals surface area contributed by atoms with Crippen molar-refractivity contribution in [3.63, 3.8) is 0 Å². The van der Waals surface area contributed by atoms with Crippen molar-refractivity contribution in [2.24, 2.45) is 0 Å². The molecule has 1 unspecified atom stereocenters. The minimum Gasteiger partial charge on any atom is -0.870 e. The SMILES string of the molecule is C.C.C.CO[Si](C)OC.C[O][Al-]([CH3])[O][Si](C)(C)OC.C[SiH2][O][AlH-]([O]O)[O][SiH2]O.OO.[K+].[Na+].[OH-].[OH-]. The predicted octanol–water partition coefficient (Wildman–Crippen LogP) is -5.56. The summed E-state index contributed by atoms with van der Waals surface area (Å²) in [5.41, 5.74) is 0. The van der Waals surface area contributed by atoms with Crippen molar-refractivity contribution in [3.05, 3.63) is 0 Å². The summed E-state index contributed by atoms with van der Waals surface area (Å²) in [6.07, 6.45) is 0. The minimum atomic E-state index is -2.61. The van der Waals surface area contributed by atoms with Gasteiger partial charge in [-0.3, -0.25) is 10.5 Å². The van der Waals surface area contributed by atoms with E-state index in [2.05, 4.69) is 7.42 Å². The zero-order valence-electron chi connectivity index (χ0n) is 20.6. The van der Waals surface area contributed by atoms with E-state index in [0.717, 1.165) is 0 Å². The van der Waals surface area contributed by atoms with Crippen molar-refractivity contribution in [2.75, 3.05) is 28.4 Å². The standard InChI is InChI=1S/2C3H9O2Si.CH5OSi.CH3O.3CH4.CH3.2Al.K.Na.H3O2Si.2H2O2.2H2O.H/c1-5-6(2,3)4;1-4-6(3)5-2;1-3-2;1-2;;;;;;;;;1-3-2;2*1-2;;;/h2*1-3H3;3H2,1H3;1H3;3*1H4;1H3;;;;;1H,3H2;2*1-2H;2*1H2;/q-1;;2*-1;;;;;+1;+2;2*+1;-1;;;;;/p-3. The van der Waals surface area contributed by atoms with Gasteiger partial charge in [0.25, 0.3) is 8.56 Å². The molecular weight excluding hydrogens is 597 g/mol. The molecular formula is C12H50Al2KNaO14Si4-2. The van der Waals surface area contributed by atoms with E-state index in [4.69, 9.17) is 44.6 Å². The van der Waals surface area contributed by atoms with Gasteiger partial charge < -0.3 is 52.4 Å². The first-order valence-electron chi connectivity index (χ1n) is 7.85. The molecule has 0 rings (SSSR count). The van der Waals surface area contributed by atoms with Gasteiger partial charge in [-0.2, -0.15) is 5.79 Å². The van der Waals surface area contributed by atoms with Crippen LogP contribution in [0.4, 0.5) is 0 Å². The third-order valence-corrected chi connectivity index (χ3v) is 14.2. The fourth-order valence-corrected chi connectivity index (χ4v) is 9.15. The average Bonchev–Trinajstić information content (AvgIpc) is 2.69. The van der Waals surface area contributed by atoms with Gasteiger partial charge in [0, 0.05) is 21.3 Å². The molecule has 208 valence electrons. The zero-order valence-corrected chi connectivity index (χ0v) is 33.2. The summed E-state index contributed by atoms with van der Waals surface area (Å²) in [4.78, 5) is 8.30. The molecule has 0 aliphatic carbocycles. The van der Waals surface area contributed by atoms with Crippen LogP contribution in [0.1, 0.15) is 22.3 Å². The first-order chi connectivity index (χ1) is 12.7. The molecule has 0 amide bonds. The van der Waals surface area contributed by atoms with Gasteiger partial charge in [-0.05, 0) is 26.8 Å². The Morgan fingerprint density at radius 3 is 1.50 bits per heavy atom. The molecule has 34 heavy (non-hydrogen) atoms. The molecule has 1 atom stereocenters. The largest absolute Gasteiger partial charge is 1.00 e. The van der Waals surface area contributed by atoms with E-state index in [1.165, 1.54) is 0 Å². The fraction of sp³-hybridized carbons (Fsp3) is 1.00. The Balaban J connectivity index is -0.0000000231. The molecule has 0 fully saturated rings. The Hall–Kier alpha value is 4.01. The molecule has 0 heterocycles. The van der Waals surface area contributed by atoms with E-state index in [1.807, 2.05) is 32.0 Å². The van der Waals surface area contributed by atoms with Gasteiger partial charge in [0.05, 0.1) is 9.76 Å². The quantitative estimate of drug-likeness (QED) is 0.0936. The normalized spacial score (nSPS) is 9.97. The van der Waals surface area contributed by atoms with Gasteiger partial charge in [-0.15, -0.1) is 0 Å². The van der Waals surface area contributed by atoms with E-state index in [9.17, 15) is 0 Å². The summed E-state index contributed by atoms with van der Waals surface area (Å²) >= 11 is -4.00. The molecule has 0 spiro atoms. The van der Waals surface area contributed by atoms with Crippen molar-refractivity contribution >= 4 is 67.6 Å². The number of rotatable bonds is 11. The second-order valence-electron chi connectivity index (χ2n) is 4.73. The van der Waals surface area contributed by atoms with Gasteiger partial charge in [-0.25, -0.2) is 0 Å². The Labute approximate surface area is 290 Å². The van der Waals surface area contributed by atoms with Crippen LogP contribution < -0.4 is 80.9 Å². The molecule has 6 N–H and O–H groups in total. The van der Waals surface area contributed by atoms with E-state index >= 15 is 0 Å². The van der Waals surface area contributed by atoms with Crippen molar-refractivity contribution in [1.29, 1.82) is 0 Å². The topological polar surface area (TPSA) is 215 Å². The maximum Gasteiger partial charge on any atom is 1.00 e. The molecule has 0 aliphatic heterocycles. The second kappa shape index (κ2) is 57.0. The smallest absolute Gasteiger partial charge is 0.870 e. The summed E-state index contributed by atoms with van der Waals surface area (Å²) in [5, 5.41) is 20.0. The fourth-order valence-electron chi connectivity index (χ4n) is 0.954. The van der Waals surface area contributed by atoms with Crippen LogP contribution in [0, 0.1) is 0 Å². The third kappa shape index (κ3) is 65.2. The van der Waals surface area contributed by atoms with Crippen molar-refractivity contribution in [2.45, 2.75) is 54.3 Å². The Morgan fingerprint density at radius 2 is 1.32 bits per heavy atom.